The van der Waals surface area contributed by atoms with Crippen molar-refractivity contribution in [3.8, 4) is 5.75 Å². The van der Waals surface area contributed by atoms with Gasteiger partial charge in [-0.2, -0.15) is 0 Å². The largest absolute Gasteiger partial charge is 0.508 e. The number of aromatic hydroxyl groups is 1. The van der Waals surface area contributed by atoms with Crippen molar-refractivity contribution < 1.29 is 9.90 Å². The lowest BCUT2D eigenvalue weighted by Crippen LogP contribution is -2.30. The van der Waals surface area contributed by atoms with Crippen LogP contribution in [0, 0.1) is 0 Å². The molecule has 0 saturated carbocycles. The average molecular weight is 262 g/mol. The van der Waals surface area contributed by atoms with Gasteiger partial charge in [0.15, 0.2) is 0 Å². The number of phenolic OH excluding ortho intramolecular Hbond substituents is 1. The van der Waals surface area contributed by atoms with E-state index in [-0.39, 0.29) is 11.8 Å². The fourth-order valence-electron chi connectivity index (χ4n) is 1.49. The van der Waals surface area contributed by atoms with Crippen molar-refractivity contribution in [2.45, 2.75) is 6.42 Å². The van der Waals surface area contributed by atoms with Crippen LogP contribution in [0.1, 0.15) is 5.56 Å². The van der Waals surface area contributed by atoms with Crippen molar-refractivity contribution in [1.82, 2.24) is 5.32 Å². The molecule has 0 unspecified atom stereocenters. The van der Waals surface area contributed by atoms with Crippen molar-refractivity contribution in [2.24, 2.45) is 0 Å². The van der Waals surface area contributed by atoms with Crippen LogP contribution in [0.15, 0.2) is 41.8 Å². The lowest BCUT2D eigenvalue weighted by Gasteiger charge is -2.06. The predicted octanol–water partition coefficient (Wildman–Crippen LogP) is 2.82. The average Bonchev–Trinajstić information content (AvgIpc) is 2.84. The van der Waals surface area contributed by atoms with Gasteiger partial charge in [-0.3, -0.25) is 5.32 Å². The van der Waals surface area contributed by atoms with E-state index in [4.69, 9.17) is 5.11 Å². The normalized spacial score (nSPS) is 10.0. The summed E-state index contributed by atoms with van der Waals surface area (Å²) < 4.78 is 0. The molecule has 1 aromatic carbocycles. The Labute approximate surface area is 109 Å². The maximum absolute atomic E-state index is 11.5. The topological polar surface area (TPSA) is 61.4 Å². The van der Waals surface area contributed by atoms with Gasteiger partial charge in [-0.15, -0.1) is 11.3 Å². The van der Waals surface area contributed by atoms with Crippen molar-refractivity contribution in [1.29, 1.82) is 0 Å². The Bertz CT molecular complexity index is 494. The van der Waals surface area contributed by atoms with Crippen LogP contribution in [0.5, 0.6) is 5.75 Å². The Kier molecular flexibility index (Phi) is 4.20. The number of nitrogens with one attached hydrogen (secondary N) is 2. The van der Waals surface area contributed by atoms with Gasteiger partial charge in [0, 0.05) is 6.54 Å². The zero-order valence-corrected chi connectivity index (χ0v) is 10.5. The second-order valence-electron chi connectivity index (χ2n) is 3.77. The summed E-state index contributed by atoms with van der Waals surface area (Å²) in [5.41, 5.74) is 1.07. The molecule has 3 N–H and O–H groups in total. The lowest BCUT2D eigenvalue weighted by molar-refractivity contribution is 0.252. The molecule has 0 atom stereocenters. The van der Waals surface area contributed by atoms with Crippen LogP contribution < -0.4 is 10.6 Å². The molecule has 0 fully saturated rings. The van der Waals surface area contributed by atoms with Crippen LogP contribution in [0.2, 0.25) is 0 Å². The van der Waals surface area contributed by atoms with Gasteiger partial charge in [-0.1, -0.05) is 12.1 Å². The van der Waals surface area contributed by atoms with E-state index >= 15 is 0 Å². The van der Waals surface area contributed by atoms with Gasteiger partial charge in [0.1, 0.15) is 5.75 Å². The second kappa shape index (κ2) is 6.07. The molecule has 0 radical (unpaired) electrons. The van der Waals surface area contributed by atoms with Gasteiger partial charge < -0.3 is 10.4 Å². The van der Waals surface area contributed by atoms with Crippen LogP contribution in [-0.2, 0) is 6.42 Å². The summed E-state index contributed by atoms with van der Waals surface area (Å²) in [5.74, 6) is 0.252. The van der Waals surface area contributed by atoms with Gasteiger partial charge >= 0.3 is 6.03 Å². The van der Waals surface area contributed by atoms with Gasteiger partial charge in [-0.05, 0) is 41.6 Å². The molecule has 2 rings (SSSR count). The molecule has 0 spiro atoms. The number of carbonyl (C=O) groups is 1. The number of rotatable bonds is 4. The summed E-state index contributed by atoms with van der Waals surface area (Å²) in [4.78, 5) is 11.5. The fourth-order valence-corrected chi connectivity index (χ4v) is 2.10. The van der Waals surface area contributed by atoms with Crippen LogP contribution in [-0.4, -0.2) is 17.7 Å². The smallest absolute Gasteiger partial charge is 0.319 e. The van der Waals surface area contributed by atoms with E-state index in [0.29, 0.717) is 6.54 Å². The summed E-state index contributed by atoms with van der Waals surface area (Å²) >= 11 is 1.48. The van der Waals surface area contributed by atoms with Crippen molar-refractivity contribution >= 4 is 22.4 Å². The number of urea groups is 1. The zero-order valence-electron chi connectivity index (χ0n) is 9.72. The Balaban J connectivity index is 1.72. The molecule has 4 nitrogen and oxygen atoms in total. The van der Waals surface area contributed by atoms with E-state index < -0.39 is 0 Å². The highest BCUT2D eigenvalue weighted by Gasteiger charge is 2.01. The fraction of sp³-hybridized carbons (Fsp3) is 0.154. The molecule has 0 aliphatic rings. The van der Waals surface area contributed by atoms with E-state index in [9.17, 15) is 4.79 Å². The van der Waals surface area contributed by atoms with E-state index in [0.717, 1.165) is 17.0 Å². The maximum Gasteiger partial charge on any atom is 0.319 e. The molecule has 18 heavy (non-hydrogen) atoms. The quantitative estimate of drug-likeness (QED) is 0.793. The van der Waals surface area contributed by atoms with E-state index in [2.05, 4.69) is 10.6 Å². The molecule has 0 bridgehead atoms. The number of hydrogen-bond donors (Lipinski definition) is 3. The molecule has 0 aliphatic heterocycles. The van der Waals surface area contributed by atoms with Crippen LogP contribution in [0.3, 0.4) is 0 Å². The summed E-state index contributed by atoms with van der Waals surface area (Å²) in [6.45, 7) is 0.558. The number of amides is 2. The molecule has 2 aromatic rings. The minimum absolute atomic E-state index is 0.198. The Morgan fingerprint density at radius 3 is 2.67 bits per heavy atom. The summed E-state index contributed by atoms with van der Waals surface area (Å²) in [5, 5.41) is 17.4. The minimum Gasteiger partial charge on any atom is -0.508 e. The molecule has 0 aliphatic carbocycles. The first kappa shape index (κ1) is 12.4. The third-order valence-corrected chi connectivity index (χ3v) is 3.18. The van der Waals surface area contributed by atoms with Crippen LogP contribution >= 0.6 is 11.3 Å². The first-order valence-corrected chi connectivity index (χ1v) is 6.48. The highest BCUT2D eigenvalue weighted by Crippen LogP contribution is 2.14. The monoisotopic (exact) mass is 262 g/mol. The predicted molar refractivity (Wildman–Crippen MR) is 73.2 cm³/mol. The van der Waals surface area contributed by atoms with E-state index in [1.165, 1.54) is 11.3 Å². The Morgan fingerprint density at radius 1 is 1.22 bits per heavy atom. The zero-order chi connectivity index (χ0) is 12.8. The van der Waals surface area contributed by atoms with Gasteiger partial charge in [0.05, 0.1) is 5.00 Å². The summed E-state index contributed by atoms with van der Waals surface area (Å²) in [6, 6.07) is 10.5. The molecule has 94 valence electrons. The second-order valence-corrected chi connectivity index (χ2v) is 4.72. The molecular formula is C13H14N2O2S. The standard InChI is InChI=1S/C13H14N2O2S/c16-11-5-3-10(4-6-11)7-8-14-13(17)15-12-2-1-9-18-12/h1-6,9,16H,7-8H2,(H2,14,15,17). The van der Waals surface area contributed by atoms with Crippen molar-refractivity contribution in [3.63, 3.8) is 0 Å². The number of hydrogen-bond acceptors (Lipinski definition) is 3. The highest BCUT2D eigenvalue weighted by molar-refractivity contribution is 7.14. The Morgan fingerprint density at radius 2 is 2.00 bits per heavy atom. The van der Waals surface area contributed by atoms with E-state index in [1.54, 1.807) is 12.1 Å². The number of carbonyl (C=O) groups excluding carboxylic acids is 1. The first-order chi connectivity index (χ1) is 8.74. The minimum atomic E-state index is -0.198. The Hall–Kier alpha value is -2.01. The number of phenols is 1. The summed E-state index contributed by atoms with van der Waals surface area (Å²) in [7, 11) is 0. The number of thiophene rings is 1. The van der Waals surface area contributed by atoms with E-state index in [1.807, 2.05) is 29.6 Å². The molecule has 2 amide bonds. The van der Waals surface area contributed by atoms with Crippen LogP contribution in [0.25, 0.3) is 0 Å². The van der Waals surface area contributed by atoms with Gasteiger partial charge in [0.2, 0.25) is 0 Å². The SMILES string of the molecule is O=C(NCCc1ccc(O)cc1)Nc1cccs1. The third kappa shape index (κ3) is 3.78. The highest BCUT2D eigenvalue weighted by atomic mass is 32.1. The first-order valence-electron chi connectivity index (χ1n) is 5.60. The molecule has 5 heteroatoms. The lowest BCUT2D eigenvalue weighted by atomic mass is 10.1. The molecular weight excluding hydrogens is 248 g/mol. The molecule has 1 aromatic heterocycles. The van der Waals surface area contributed by atoms with Crippen LogP contribution in [0.4, 0.5) is 9.80 Å². The molecule has 1 heterocycles. The third-order valence-electron chi connectivity index (χ3n) is 2.39. The number of anilines is 1. The van der Waals surface area contributed by atoms with Crippen molar-refractivity contribution in [2.75, 3.05) is 11.9 Å². The number of benzene rings is 1. The van der Waals surface area contributed by atoms with Crippen molar-refractivity contribution in [3.05, 3.63) is 47.3 Å². The maximum atomic E-state index is 11.5. The van der Waals surface area contributed by atoms with Gasteiger partial charge in [-0.25, -0.2) is 4.79 Å². The van der Waals surface area contributed by atoms with Gasteiger partial charge in [0.25, 0.3) is 0 Å². The molecule has 0 saturated heterocycles. The summed E-state index contributed by atoms with van der Waals surface area (Å²) in [6.07, 6.45) is 0.734.